The van der Waals surface area contributed by atoms with Crippen molar-refractivity contribution in [3.8, 4) is 6.07 Å². The fraction of sp³-hybridized carbons (Fsp3) is 0.429. The minimum Gasteiger partial charge on any atom is -0.339 e. The molecule has 1 aromatic carbocycles. The van der Waals surface area contributed by atoms with Crippen molar-refractivity contribution in [1.82, 2.24) is 10.2 Å². The molecule has 0 aromatic heterocycles. The molecule has 1 fully saturated rings. The third kappa shape index (κ3) is 2.69. The summed E-state index contributed by atoms with van der Waals surface area (Å²) in [6, 6.07) is 9.41. The van der Waals surface area contributed by atoms with E-state index >= 15 is 0 Å². The van der Waals surface area contributed by atoms with Gasteiger partial charge in [0.2, 0.25) is 0 Å². The minimum absolute atomic E-state index is 0.0639. The Morgan fingerprint density at radius 2 is 1.94 bits per heavy atom. The van der Waals surface area contributed by atoms with Crippen LogP contribution in [0.1, 0.15) is 28.8 Å². The van der Waals surface area contributed by atoms with E-state index in [4.69, 9.17) is 5.26 Å². The number of nitrogens with one attached hydrogen (secondary N) is 1. The molecule has 0 atom stereocenters. The normalized spacial score (nSPS) is 16.3. The van der Waals surface area contributed by atoms with Crippen LogP contribution in [0.3, 0.4) is 0 Å². The maximum Gasteiger partial charge on any atom is 0.253 e. The van der Waals surface area contributed by atoms with E-state index in [1.807, 2.05) is 11.9 Å². The number of nitriles is 1. The van der Waals surface area contributed by atoms with E-state index in [0.717, 1.165) is 25.9 Å². The summed E-state index contributed by atoms with van der Waals surface area (Å²) in [6.45, 7) is 1.59. The van der Waals surface area contributed by atoms with Crippen molar-refractivity contribution in [1.29, 1.82) is 5.26 Å². The Labute approximate surface area is 107 Å². The van der Waals surface area contributed by atoms with Gasteiger partial charge in [0.15, 0.2) is 0 Å². The second-order valence-electron chi connectivity index (χ2n) is 4.54. The number of hydrogen-bond donors (Lipinski definition) is 1. The first-order valence-corrected chi connectivity index (χ1v) is 6.21. The predicted octanol–water partition coefficient (Wildman–Crippen LogP) is 1.38. The molecule has 2 rings (SSSR count). The average Bonchev–Trinajstić information content (AvgIpc) is 2.47. The summed E-state index contributed by atoms with van der Waals surface area (Å²) in [5.41, 5.74) is 1.25. The smallest absolute Gasteiger partial charge is 0.253 e. The van der Waals surface area contributed by atoms with Crippen LogP contribution in [0.25, 0.3) is 0 Å². The lowest BCUT2D eigenvalue weighted by Gasteiger charge is -2.31. The van der Waals surface area contributed by atoms with Crippen molar-refractivity contribution >= 4 is 5.91 Å². The summed E-state index contributed by atoms with van der Waals surface area (Å²) in [5, 5.41) is 12.0. The first kappa shape index (κ1) is 12.6. The van der Waals surface area contributed by atoms with E-state index in [0.29, 0.717) is 17.2 Å². The maximum atomic E-state index is 12.2. The number of likely N-dealkylation sites (tertiary alicyclic amines) is 1. The highest BCUT2D eigenvalue weighted by Crippen LogP contribution is 2.14. The molecular weight excluding hydrogens is 226 g/mol. The quantitative estimate of drug-likeness (QED) is 0.853. The van der Waals surface area contributed by atoms with Crippen LogP contribution in [-0.2, 0) is 0 Å². The van der Waals surface area contributed by atoms with Crippen molar-refractivity contribution in [3.05, 3.63) is 35.4 Å². The molecular formula is C14H17N3O. The molecule has 1 saturated heterocycles. The molecule has 1 aliphatic rings. The first-order valence-electron chi connectivity index (χ1n) is 6.21. The molecule has 0 radical (unpaired) electrons. The molecule has 0 spiro atoms. The summed E-state index contributed by atoms with van der Waals surface area (Å²) >= 11 is 0. The summed E-state index contributed by atoms with van der Waals surface area (Å²) in [4.78, 5) is 14.1. The summed E-state index contributed by atoms with van der Waals surface area (Å²) < 4.78 is 0. The Balaban J connectivity index is 2.01. The second kappa shape index (κ2) is 5.65. The van der Waals surface area contributed by atoms with Gasteiger partial charge in [-0.05, 0) is 44.2 Å². The van der Waals surface area contributed by atoms with Crippen LogP contribution in [0.15, 0.2) is 24.3 Å². The predicted molar refractivity (Wildman–Crippen MR) is 69.1 cm³/mol. The van der Waals surface area contributed by atoms with Gasteiger partial charge in [-0.1, -0.05) is 0 Å². The molecule has 1 heterocycles. The molecule has 0 bridgehead atoms. The van der Waals surface area contributed by atoms with E-state index < -0.39 is 0 Å². The zero-order valence-electron chi connectivity index (χ0n) is 10.5. The van der Waals surface area contributed by atoms with E-state index in [1.54, 1.807) is 24.3 Å². The highest BCUT2D eigenvalue weighted by Gasteiger charge is 2.22. The van der Waals surface area contributed by atoms with Gasteiger partial charge in [-0.2, -0.15) is 5.26 Å². The van der Waals surface area contributed by atoms with Gasteiger partial charge in [0.1, 0.15) is 0 Å². The summed E-state index contributed by atoms with van der Waals surface area (Å²) in [7, 11) is 1.96. The Morgan fingerprint density at radius 1 is 1.33 bits per heavy atom. The van der Waals surface area contributed by atoms with Gasteiger partial charge in [0, 0.05) is 24.7 Å². The largest absolute Gasteiger partial charge is 0.339 e. The van der Waals surface area contributed by atoms with Crippen LogP contribution in [0.4, 0.5) is 0 Å². The van der Waals surface area contributed by atoms with Gasteiger partial charge in [-0.3, -0.25) is 4.79 Å². The molecule has 94 valence electrons. The maximum absolute atomic E-state index is 12.2. The molecule has 4 heteroatoms. The lowest BCUT2D eigenvalue weighted by Crippen LogP contribution is -2.43. The van der Waals surface area contributed by atoms with Gasteiger partial charge in [-0.15, -0.1) is 0 Å². The monoisotopic (exact) mass is 243 g/mol. The Bertz CT molecular complexity index is 453. The first-order chi connectivity index (χ1) is 8.74. The number of piperidine rings is 1. The summed E-state index contributed by atoms with van der Waals surface area (Å²) in [5.74, 6) is 0.0639. The lowest BCUT2D eigenvalue weighted by molar-refractivity contribution is 0.0707. The third-order valence-corrected chi connectivity index (χ3v) is 3.45. The fourth-order valence-electron chi connectivity index (χ4n) is 2.24. The van der Waals surface area contributed by atoms with Crippen molar-refractivity contribution in [3.63, 3.8) is 0 Å². The van der Waals surface area contributed by atoms with E-state index in [2.05, 4.69) is 11.4 Å². The number of nitrogens with zero attached hydrogens (tertiary/aromatic N) is 2. The standard InChI is InChI=1S/C14H17N3O/c1-16-13-6-8-17(9-7-13)14(18)12-4-2-11(10-15)3-5-12/h2-5,13,16H,6-9H2,1H3. The van der Waals surface area contributed by atoms with Crippen LogP contribution in [0.5, 0.6) is 0 Å². The molecule has 0 unspecified atom stereocenters. The molecule has 0 saturated carbocycles. The zero-order valence-corrected chi connectivity index (χ0v) is 10.5. The minimum atomic E-state index is 0.0639. The zero-order chi connectivity index (χ0) is 13.0. The van der Waals surface area contributed by atoms with E-state index in [9.17, 15) is 4.79 Å². The molecule has 1 N–H and O–H groups in total. The number of hydrogen-bond acceptors (Lipinski definition) is 3. The van der Waals surface area contributed by atoms with Crippen LogP contribution in [0.2, 0.25) is 0 Å². The molecule has 1 aliphatic heterocycles. The van der Waals surface area contributed by atoms with Gasteiger partial charge in [0.05, 0.1) is 11.6 Å². The lowest BCUT2D eigenvalue weighted by atomic mass is 10.0. The van der Waals surface area contributed by atoms with Crippen LogP contribution in [0, 0.1) is 11.3 Å². The molecule has 18 heavy (non-hydrogen) atoms. The van der Waals surface area contributed by atoms with Crippen LogP contribution in [-0.4, -0.2) is 37.0 Å². The van der Waals surface area contributed by atoms with Gasteiger partial charge in [0.25, 0.3) is 5.91 Å². The molecule has 0 aliphatic carbocycles. The molecule has 1 aromatic rings. The van der Waals surface area contributed by atoms with E-state index in [1.165, 1.54) is 0 Å². The highest BCUT2D eigenvalue weighted by molar-refractivity contribution is 5.94. The van der Waals surface area contributed by atoms with Crippen LogP contribution < -0.4 is 5.32 Å². The Hall–Kier alpha value is -1.86. The highest BCUT2D eigenvalue weighted by atomic mass is 16.2. The molecule has 1 amide bonds. The third-order valence-electron chi connectivity index (χ3n) is 3.45. The summed E-state index contributed by atoms with van der Waals surface area (Å²) in [6.07, 6.45) is 2.00. The Morgan fingerprint density at radius 3 is 2.44 bits per heavy atom. The number of carbonyl (C=O) groups excluding carboxylic acids is 1. The number of rotatable bonds is 2. The van der Waals surface area contributed by atoms with Gasteiger partial charge < -0.3 is 10.2 Å². The Kier molecular flexibility index (Phi) is 3.96. The fourth-order valence-corrected chi connectivity index (χ4v) is 2.24. The topological polar surface area (TPSA) is 56.1 Å². The second-order valence-corrected chi connectivity index (χ2v) is 4.54. The average molecular weight is 243 g/mol. The van der Waals surface area contributed by atoms with Crippen molar-refractivity contribution in [2.75, 3.05) is 20.1 Å². The van der Waals surface area contributed by atoms with Crippen LogP contribution >= 0.6 is 0 Å². The molecule has 4 nitrogen and oxygen atoms in total. The number of carbonyl (C=O) groups is 1. The van der Waals surface area contributed by atoms with Crippen molar-refractivity contribution < 1.29 is 4.79 Å². The van der Waals surface area contributed by atoms with Crippen molar-refractivity contribution in [2.24, 2.45) is 0 Å². The van der Waals surface area contributed by atoms with E-state index in [-0.39, 0.29) is 5.91 Å². The number of amides is 1. The van der Waals surface area contributed by atoms with Crippen molar-refractivity contribution in [2.45, 2.75) is 18.9 Å². The van der Waals surface area contributed by atoms with Gasteiger partial charge >= 0.3 is 0 Å². The SMILES string of the molecule is CNC1CCN(C(=O)c2ccc(C#N)cc2)CC1. The van der Waals surface area contributed by atoms with Gasteiger partial charge in [-0.25, -0.2) is 0 Å². The number of benzene rings is 1.